The fraction of sp³-hybridized carbons (Fsp3) is 0.286. The fourth-order valence-electron chi connectivity index (χ4n) is 0.488. The van der Waals surface area contributed by atoms with E-state index in [1.165, 1.54) is 0 Å². The minimum absolute atomic E-state index is 0. The molecule has 0 aromatic carbocycles. The zero-order chi connectivity index (χ0) is 10.6. The van der Waals surface area contributed by atoms with E-state index >= 15 is 0 Å². The predicted molar refractivity (Wildman–Crippen MR) is 47.6 cm³/mol. The van der Waals surface area contributed by atoms with Crippen LogP contribution in [0.3, 0.4) is 0 Å². The van der Waals surface area contributed by atoms with Crippen LogP contribution in [-0.2, 0) is 19.6 Å². The minimum atomic E-state index is -4.46. The van der Waals surface area contributed by atoms with Crippen LogP contribution in [0.25, 0.3) is 0 Å². The third-order valence-electron chi connectivity index (χ3n) is 1.17. The van der Waals surface area contributed by atoms with Gasteiger partial charge in [0.15, 0.2) is 0 Å². The molecule has 0 aromatic heterocycles. The van der Waals surface area contributed by atoms with Crippen LogP contribution in [0.4, 0.5) is 0 Å². The van der Waals surface area contributed by atoms with Gasteiger partial charge in [0.05, 0.1) is 12.2 Å². The number of esters is 1. The van der Waals surface area contributed by atoms with Crippen molar-refractivity contribution in [3.8, 4) is 0 Å². The van der Waals surface area contributed by atoms with E-state index in [9.17, 15) is 13.2 Å². The Labute approximate surface area is 106 Å². The molecule has 0 aliphatic heterocycles. The van der Waals surface area contributed by atoms with E-state index in [-0.39, 0.29) is 37.6 Å². The van der Waals surface area contributed by atoms with Crippen LogP contribution in [-0.4, -0.2) is 25.5 Å². The molecule has 0 radical (unpaired) electrons. The summed E-state index contributed by atoms with van der Waals surface area (Å²) < 4.78 is 33.9. The van der Waals surface area contributed by atoms with Gasteiger partial charge < -0.3 is 6.16 Å². The average molecular weight is 230 g/mol. The largest absolute Gasteiger partial charge is 1.00 e. The van der Waals surface area contributed by atoms with Gasteiger partial charge in [-0.25, -0.2) is 4.79 Å². The summed E-state index contributed by atoms with van der Waals surface area (Å²) in [5.74, 6) is -0.912. The molecular weight excluding hydrogens is 219 g/mol. The third kappa shape index (κ3) is 4.92. The van der Waals surface area contributed by atoms with Crippen LogP contribution < -0.4 is 29.6 Å². The van der Waals surface area contributed by atoms with Gasteiger partial charge in [-0.3, -0.25) is 4.55 Å². The first kappa shape index (κ1) is 16.3. The number of hydrogen-bond donors (Lipinski definition) is 1. The molecule has 0 saturated carbocycles. The standard InChI is InChI=1S/C7H10O5S.Na.H/c1-4-12-7(8)5(2)6(3)13(9,10)11;;/h2-4H2,1H3,(H,9,10,11);;/q;+1;-1. The monoisotopic (exact) mass is 230 g/mol. The molecule has 0 rings (SSSR count). The normalized spacial score (nSPS) is 9.86. The van der Waals surface area contributed by atoms with Crippen LogP contribution in [0.2, 0.25) is 0 Å². The van der Waals surface area contributed by atoms with E-state index in [0.29, 0.717) is 0 Å². The van der Waals surface area contributed by atoms with Crippen molar-refractivity contribution < 1.29 is 53.5 Å². The zero-order valence-electron chi connectivity index (χ0n) is 9.11. The average Bonchev–Trinajstić information content (AvgIpc) is 2.00. The van der Waals surface area contributed by atoms with Gasteiger partial charge in [0.1, 0.15) is 4.91 Å². The summed E-state index contributed by atoms with van der Waals surface area (Å²) in [6.45, 7) is 7.77. The Morgan fingerprint density at radius 1 is 1.50 bits per heavy atom. The van der Waals surface area contributed by atoms with Crippen LogP contribution >= 0.6 is 0 Å². The SMILES string of the molecule is C=C(C(=C)S(=O)(=O)O)C(=O)OCC.[H-].[Na+]. The van der Waals surface area contributed by atoms with E-state index in [2.05, 4.69) is 17.9 Å². The Balaban J connectivity index is -0.000000720. The molecule has 14 heavy (non-hydrogen) atoms. The summed E-state index contributed by atoms with van der Waals surface area (Å²) in [6, 6.07) is 0. The van der Waals surface area contributed by atoms with E-state index in [1.807, 2.05) is 0 Å². The number of ether oxygens (including phenoxy) is 1. The first-order valence-electron chi connectivity index (χ1n) is 3.33. The molecule has 0 aromatic rings. The number of rotatable bonds is 4. The fourth-order valence-corrected chi connectivity index (χ4v) is 0.882. The summed E-state index contributed by atoms with van der Waals surface area (Å²) in [5.41, 5.74) is -0.468. The molecule has 76 valence electrons. The summed E-state index contributed by atoms with van der Waals surface area (Å²) in [5, 5.41) is 0. The van der Waals surface area contributed by atoms with E-state index in [4.69, 9.17) is 4.55 Å². The van der Waals surface area contributed by atoms with Gasteiger partial charge >= 0.3 is 35.5 Å². The van der Waals surface area contributed by atoms with Crippen molar-refractivity contribution in [3.05, 3.63) is 23.6 Å². The van der Waals surface area contributed by atoms with Crippen molar-refractivity contribution in [2.24, 2.45) is 0 Å². The predicted octanol–water partition coefficient (Wildman–Crippen LogP) is -2.38. The molecule has 0 spiro atoms. The minimum Gasteiger partial charge on any atom is -1.00 e. The molecule has 0 heterocycles. The van der Waals surface area contributed by atoms with E-state index < -0.39 is 26.6 Å². The van der Waals surface area contributed by atoms with Crippen molar-refractivity contribution in [2.75, 3.05) is 6.61 Å². The number of hydrogen-bond acceptors (Lipinski definition) is 4. The molecule has 0 unspecified atom stereocenters. The molecule has 0 saturated heterocycles. The smallest absolute Gasteiger partial charge is 1.00 e. The Morgan fingerprint density at radius 3 is 2.21 bits per heavy atom. The van der Waals surface area contributed by atoms with Crippen LogP contribution in [0.1, 0.15) is 8.35 Å². The molecule has 1 N–H and O–H groups in total. The van der Waals surface area contributed by atoms with Crippen molar-refractivity contribution in [1.29, 1.82) is 0 Å². The van der Waals surface area contributed by atoms with Gasteiger partial charge in [-0.15, -0.1) is 0 Å². The van der Waals surface area contributed by atoms with Crippen molar-refractivity contribution in [3.63, 3.8) is 0 Å². The Bertz CT molecular complexity index is 348. The van der Waals surface area contributed by atoms with Gasteiger partial charge in [-0.2, -0.15) is 8.42 Å². The zero-order valence-corrected chi connectivity index (χ0v) is 10.9. The van der Waals surface area contributed by atoms with Gasteiger partial charge in [0, 0.05) is 0 Å². The second kappa shape index (κ2) is 6.36. The molecule has 0 aliphatic carbocycles. The summed E-state index contributed by atoms with van der Waals surface area (Å²) in [6.07, 6.45) is 0. The Morgan fingerprint density at radius 2 is 1.93 bits per heavy atom. The first-order chi connectivity index (χ1) is 5.80. The van der Waals surface area contributed by atoms with Crippen molar-refractivity contribution in [1.82, 2.24) is 0 Å². The van der Waals surface area contributed by atoms with Crippen LogP contribution in [0, 0.1) is 0 Å². The summed E-state index contributed by atoms with van der Waals surface area (Å²) in [7, 11) is -4.46. The molecule has 0 bridgehead atoms. The molecule has 0 fully saturated rings. The van der Waals surface area contributed by atoms with E-state index in [1.54, 1.807) is 6.92 Å². The second-order valence-electron chi connectivity index (χ2n) is 2.10. The molecular formula is C7H11NaO5S. The van der Waals surface area contributed by atoms with Gasteiger partial charge in [-0.05, 0) is 6.92 Å². The third-order valence-corrected chi connectivity index (χ3v) is 2.04. The molecule has 0 amide bonds. The maximum absolute atomic E-state index is 10.9. The van der Waals surface area contributed by atoms with E-state index in [0.717, 1.165) is 0 Å². The van der Waals surface area contributed by atoms with Crippen LogP contribution in [0.5, 0.6) is 0 Å². The second-order valence-corrected chi connectivity index (χ2v) is 3.54. The number of carbonyl (C=O) groups is 1. The Hall–Kier alpha value is -0.140. The van der Waals surface area contributed by atoms with Crippen molar-refractivity contribution in [2.45, 2.75) is 6.92 Å². The Kier molecular flexibility index (Phi) is 7.41. The maximum atomic E-state index is 10.9. The topological polar surface area (TPSA) is 80.7 Å². The molecule has 5 nitrogen and oxygen atoms in total. The number of carbonyl (C=O) groups excluding carboxylic acids is 1. The molecule has 0 atom stereocenters. The summed E-state index contributed by atoms with van der Waals surface area (Å²) in [4.78, 5) is 10.1. The van der Waals surface area contributed by atoms with Crippen LogP contribution in [0.15, 0.2) is 23.6 Å². The van der Waals surface area contributed by atoms with Crippen molar-refractivity contribution >= 4 is 16.1 Å². The summed E-state index contributed by atoms with van der Waals surface area (Å²) >= 11 is 0. The van der Waals surface area contributed by atoms with Gasteiger partial charge in [-0.1, -0.05) is 13.2 Å². The maximum Gasteiger partial charge on any atom is 1.00 e. The van der Waals surface area contributed by atoms with Gasteiger partial charge in [0.2, 0.25) is 0 Å². The first-order valence-corrected chi connectivity index (χ1v) is 4.77. The molecule has 0 aliphatic rings. The molecule has 7 heteroatoms. The quantitative estimate of drug-likeness (QED) is 0.192. The van der Waals surface area contributed by atoms with Gasteiger partial charge in [0.25, 0.3) is 10.1 Å².